The first-order valence-corrected chi connectivity index (χ1v) is 7.21. The highest BCUT2D eigenvalue weighted by Gasteiger charge is 2.35. The summed E-state index contributed by atoms with van der Waals surface area (Å²) in [4.78, 5) is 12.0. The standard InChI is InChI=1S/C14H18O3S/c15-13(16)11-6-8-14(17,9-7-11)10-18-12-4-2-1-3-5-12/h1-5,11,17H,6-10H2,(H,15,16). The largest absolute Gasteiger partial charge is 0.481 e. The average molecular weight is 266 g/mol. The number of carbonyl (C=O) groups is 1. The SMILES string of the molecule is O=C(O)C1CCC(O)(CSc2ccccc2)CC1. The van der Waals surface area contributed by atoms with Crippen molar-refractivity contribution in [2.45, 2.75) is 36.2 Å². The Hall–Kier alpha value is -1.00. The van der Waals surface area contributed by atoms with E-state index in [1.54, 1.807) is 11.8 Å². The van der Waals surface area contributed by atoms with Gasteiger partial charge in [0, 0.05) is 10.6 Å². The molecule has 0 radical (unpaired) electrons. The predicted molar refractivity (Wildman–Crippen MR) is 71.7 cm³/mol. The van der Waals surface area contributed by atoms with Gasteiger partial charge in [0.15, 0.2) is 0 Å². The van der Waals surface area contributed by atoms with Crippen molar-refractivity contribution in [1.29, 1.82) is 0 Å². The molecule has 1 fully saturated rings. The van der Waals surface area contributed by atoms with E-state index in [0.717, 1.165) is 4.90 Å². The fourth-order valence-corrected chi connectivity index (χ4v) is 3.35. The molecule has 1 saturated carbocycles. The van der Waals surface area contributed by atoms with Crippen LogP contribution < -0.4 is 0 Å². The van der Waals surface area contributed by atoms with Crippen LogP contribution in [0.25, 0.3) is 0 Å². The Morgan fingerprint density at radius 1 is 1.28 bits per heavy atom. The zero-order valence-corrected chi connectivity index (χ0v) is 11.0. The third-order valence-electron chi connectivity index (χ3n) is 3.52. The average Bonchev–Trinajstić information content (AvgIpc) is 2.38. The van der Waals surface area contributed by atoms with Crippen LogP contribution in [0.1, 0.15) is 25.7 Å². The lowest BCUT2D eigenvalue weighted by atomic mass is 9.80. The van der Waals surface area contributed by atoms with Gasteiger partial charge in [0.2, 0.25) is 0 Å². The monoisotopic (exact) mass is 266 g/mol. The van der Waals surface area contributed by atoms with E-state index in [-0.39, 0.29) is 5.92 Å². The summed E-state index contributed by atoms with van der Waals surface area (Å²) < 4.78 is 0. The summed E-state index contributed by atoms with van der Waals surface area (Å²) in [6, 6.07) is 9.98. The summed E-state index contributed by atoms with van der Waals surface area (Å²) in [6.45, 7) is 0. The summed E-state index contributed by atoms with van der Waals surface area (Å²) in [5.74, 6) is -0.358. The van der Waals surface area contributed by atoms with Crippen LogP contribution in [0.15, 0.2) is 35.2 Å². The molecule has 18 heavy (non-hydrogen) atoms. The zero-order valence-electron chi connectivity index (χ0n) is 10.2. The van der Waals surface area contributed by atoms with Gasteiger partial charge in [-0.05, 0) is 37.8 Å². The molecule has 0 bridgehead atoms. The number of aliphatic hydroxyl groups is 1. The molecule has 0 amide bonds. The van der Waals surface area contributed by atoms with Crippen molar-refractivity contribution in [3.63, 3.8) is 0 Å². The molecule has 4 heteroatoms. The first-order chi connectivity index (χ1) is 8.59. The summed E-state index contributed by atoms with van der Waals surface area (Å²) >= 11 is 1.64. The van der Waals surface area contributed by atoms with Crippen molar-refractivity contribution >= 4 is 17.7 Å². The van der Waals surface area contributed by atoms with Crippen LogP contribution in [-0.4, -0.2) is 27.5 Å². The van der Waals surface area contributed by atoms with Crippen molar-refractivity contribution < 1.29 is 15.0 Å². The van der Waals surface area contributed by atoms with Gasteiger partial charge in [-0.2, -0.15) is 0 Å². The number of hydrogen-bond donors (Lipinski definition) is 2. The van der Waals surface area contributed by atoms with Crippen LogP contribution in [0.4, 0.5) is 0 Å². The number of benzene rings is 1. The third-order valence-corrected chi connectivity index (χ3v) is 4.80. The minimum atomic E-state index is -0.729. The molecule has 1 aliphatic carbocycles. The number of carboxylic acid groups (broad SMARTS) is 1. The molecule has 0 unspecified atom stereocenters. The molecule has 0 heterocycles. The normalized spacial score (nSPS) is 27.9. The molecule has 3 nitrogen and oxygen atoms in total. The highest BCUT2D eigenvalue weighted by atomic mass is 32.2. The van der Waals surface area contributed by atoms with Crippen LogP contribution >= 0.6 is 11.8 Å². The first kappa shape index (κ1) is 13.4. The molecule has 2 N–H and O–H groups in total. The Kier molecular flexibility index (Phi) is 4.30. The molecule has 0 spiro atoms. The third kappa shape index (κ3) is 3.50. The van der Waals surface area contributed by atoms with Crippen LogP contribution in [0.5, 0.6) is 0 Å². The topological polar surface area (TPSA) is 57.5 Å². The van der Waals surface area contributed by atoms with E-state index >= 15 is 0 Å². The van der Waals surface area contributed by atoms with E-state index in [4.69, 9.17) is 5.11 Å². The molecule has 0 saturated heterocycles. The lowest BCUT2D eigenvalue weighted by Gasteiger charge is -2.34. The minimum absolute atomic E-state index is 0.271. The predicted octanol–water partition coefficient (Wildman–Crippen LogP) is 2.78. The number of carboxylic acids is 1. The fourth-order valence-electron chi connectivity index (χ4n) is 2.28. The van der Waals surface area contributed by atoms with Gasteiger partial charge in [-0.1, -0.05) is 18.2 Å². The van der Waals surface area contributed by atoms with E-state index in [2.05, 4.69) is 0 Å². The van der Waals surface area contributed by atoms with E-state index < -0.39 is 11.6 Å². The maximum Gasteiger partial charge on any atom is 0.306 e. The van der Waals surface area contributed by atoms with Crippen molar-refractivity contribution in [2.24, 2.45) is 5.92 Å². The van der Waals surface area contributed by atoms with Gasteiger partial charge in [0.25, 0.3) is 0 Å². The maximum atomic E-state index is 10.9. The molecule has 0 aliphatic heterocycles. The summed E-state index contributed by atoms with van der Waals surface area (Å²) in [5, 5.41) is 19.3. The van der Waals surface area contributed by atoms with Crippen LogP contribution in [-0.2, 0) is 4.79 Å². The maximum absolute atomic E-state index is 10.9. The quantitative estimate of drug-likeness (QED) is 0.823. The Morgan fingerprint density at radius 2 is 1.89 bits per heavy atom. The molecule has 1 aromatic rings. The van der Waals surface area contributed by atoms with Crippen molar-refractivity contribution in [1.82, 2.24) is 0 Å². The van der Waals surface area contributed by atoms with Crippen molar-refractivity contribution in [2.75, 3.05) is 5.75 Å². The molecule has 2 rings (SSSR count). The lowest BCUT2D eigenvalue weighted by molar-refractivity contribution is -0.144. The first-order valence-electron chi connectivity index (χ1n) is 6.22. The fraction of sp³-hybridized carbons (Fsp3) is 0.500. The number of hydrogen-bond acceptors (Lipinski definition) is 3. The van der Waals surface area contributed by atoms with Crippen molar-refractivity contribution in [3.05, 3.63) is 30.3 Å². The van der Waals surface area contributed by atoms with E-state index in [0.29, 0.717) is 31.4 Å². The number of thioether (sulfide) groups is 1. The van der Waals surface area contributed by atoms with Gasteiger partial charge < -0.3 is 10.2 Å². The second kappa shape index (κ2) is 5.76. The Balaban J connectivity index is 1.85. The van der Waals surface area contributed by atoms with Crippen LogP contribution in [0, 0.1) is 5.92 Å². The van der Waals surface area contributed by atoms with E-state index in [9.17, 15) is 9.90 Å². The lowest BCUT2D eigenvalue weighted by Crippen LogP contribution is -2.38. The summed E-state index contributed by atoms with van der Waals surface area (Å²) in [5.41, 5.74) is -0.702. The van der Waals surface area contributed by atoms with Crippen LogP contribution in [0.2, 0.25) is 0 Å². The van der Waals surface area contributed by atoms with Gasteiger partial charge >= 0.3 is 5.97 Å². The summed E-state index contributed by atoms with van der Waals surface area (Å²) in [6.07, 6.45) is 2.34. The van der Waals surface area contributed by atoms with Gasteiger partial charge in [-0.25, -0.2) is 0 Å². The van der Waals surface area contributed by atoms with E-state index in [1.807, 2.05) is 30.3 Å². The molecular weight excluding hydrogens is 248 g/mol. The number of rotatable bonds is 4. The molecule has 0 aromatic heterocycles. The molecule has 1 aliphatic rings. The van der Waals surface area contributed by atoms with Crippen LogP contribution in [0.3, 0.4) is 0 Å². The molecule has 1 aromatic carbocycles. The Labute approximate surface area is 111 Å². The summed E-state index contributed by atoms with van der Waals surface area (Å²) in [7, 11) is 0. The van der Waals surface area contributed by atoms with Gasteiger partial charge in [0.1, 0.15) is 0 Å². The molecular formula is C14H18O3S. The van der Waals surface area contributed by atoms with Crippen molar-refractivity contribution in [3.8, 4) is 0 Å². The molecule has 98 valence electrons. The van der Waals surface area contributed by atoms with E-state index in [1.165, 1.54) is 0 Å². The second-order valence-electron chi connectivity index (χ2n) is 4.94. The van der Waals surface area contributed by atoms with Gasteiger partial charge in [-0.15, -0.1) is 11.8 Å². The molecule has 0 atom stereocenters. The zero-order chi connectivity index (χ0) is 13.0. The highest BCUT2D eigenvalue weighted by molar-refractivity contribution is 7.99. The Bertz CT molecular complexity index is 397. The van der Waals surface area contributed by atoms with Gasteiger partial charge in [-0.3, -0.25) is 4.79 Å². The second-order valence-corrected chi connectivity index (χ2v) is 5.99. The minimum Gasteiger partial charge on any atom is -0.481 e. The Morgan fingerprint density at radius 3 is 2.44 bits per heavy atom. The number of aliphatic carboxylic acids is 1. The highest BCUT2D eigenvalue weighted by Crippen LogP contribution is 2.36. The van der Waals surface area contributed by atoms with Gasteiger partial charge in [0.05, 0.1) is 11.5 Å². The smallest absolute Gasteiger partial charge is 0.306 e.